The molecule has 3 N–H and O–H groups in total. The van der Waals surface area contributed by atoms with Crippen LogP contribution in [0.2, 0.25) is 0 Å². The summed E-state index contributed by atoms with van der Waals surface area (Å²) in [6.07, 6.45) is 2.74. The second-order valence-electron chi connectivity index (χ2n) is 14.2. The smallest absolute Gasteiger partial charge is 0.312 e. The van der Waals surface area contributed by atoms with Gasteiger partial charge in [0, 0.05) is 61.7 Å². The summed E-state index contributed by atoms with van der Waals surface area (Å²) in [5, 5.41) is 0.979. The van der Waals surface area contributed by atoms with Gasteiger partial charge in [-0.1, -0.05) is 41.0 Å². The molecule has 1 aliphatic heterocycles. The minimum atomic E-state index is -1.76. The molecule has 2 aromatic carbocycles. The lowest BCUT2D eigenvalue weighted by atomic mass is 9.90. The van der Waals surface area contributed by atoms with Crippen LogP contribution in [0.3, 0.4) is 0 Å². The van der Waals surface area contributed by atoms with Gasteiger partial charge in [-0.3, -0.25) is 9.69 Å². The Morgan fingerprint density at radius 1 is 0.958 bits per heavy atom. The van der Waals surface area contributed by atoms with Crippen molar-refractivity contribution in [3.8, 4) is 5.75 Å². The van der Waals surface area contributed by atoms with E-state index in [1.54, 1.807) is 13.8 Å². The molecule has 3 heterocycles. The number of aryl methyl sites for hydroxylation is 1. The first kappa shape index (κ1) is 35.3. The van der Waals surface area contributed by atoms with E-state index in [-0.39, 0.29) is 24.5 Å². The van der Waals surface area contributed by atoms with Crippen LogP contribution in [0.25, 0.3) is 21.9 Å². The number of nitrogen functional groups attached to an aromatic ring is 1. The molecule has 0 saturated carbocycles. The monoisotopic (exact) mass is 672 g/mol. The number of fused-ring (bicyclic) bond motifs is 3. The summed E-state index contributed by atoms with van der Waals surface area (Å²) < 4.78 is 65.5. The van der Waals surface area contributed by atoms with Crippen molar-refractivity contribution in [2.75, 3.05) is 56.6 Å². The highest BCUT2D eigenvalue weighted by Crippen LogP contribution is 2.32. The number of rotatable bonds is 13. The maximum atomic E-state index is 13.9. The number of nitrogens with zero attached hydrogens (tertiary/aromatic N) is 4. The minimum Gasteiger partial charge on any atom is -0.420 e. The third kappa shape index (κ3) is 8.18. The lowest BCUT2D eigenvalue weighted by molar-refractivity contribution is -0.138. The van der Waals surface area contributed by atoms with E-state index in [4.69, 9.17) is 15.5 Å². The van der Waals surface area contributed by atoms with Crippen molar-refractivity contribution in [3.63, 3.8) is 0 Å². The predicted molar refractivity (Wildman–Crippen MR) is 178 cm³/mol. The van der Waals surface area contributed by atoms with E-state index in [1.807, 2.05) is 0 Å². The maximum absolute atomic E-state index is 13.9. The Hall–Kier alpha value is -3.97. The van der Waals surface area contributed by atoms with Crippen LogP contribution in [0.5, 0.6) is 5.75 Å². The number of hydrogen-bond donors (Lipinski definition) is 2. The number of imidazole rings is 1. The third-order valence-corrected chi connectivity index (χ3v) is 8.54. The van der Waals surface area contributed by atoms with Crippen molar-refractivity contribution in [1.29, 1.82) is 0 Å². The van der Waals surface area contributed by atoms with Gasteiger partial charge in [-0.25, -0.2) is 18.7 Å². The van der Waals surface area contributed by atoms with Gasteiger partial charge < -0.3 is 25.1 Å². The molecule has 0 bridgehead atoms. The standard InChI is InChI=1S/C35H44F4N6O3/c1-6-7-8-26-42-30-22-10-9-21(15-25(22)41-33(40)31(30)43-26)45-13-11-44(12-14-45)18-35(4,5)20-47-19-34(2,3)17-27(46)48-32-28(38)23(36)16-24(37)29(32)39/h9-10,15-16H,6-8,11-14,17-20H2,1-5H3,(H2,40,41)(H,42,43). The number of anilines is 2. The van der Waals surface area contributed by atoms with E-state index in [0.717, 1.165) is 85.4 Å². The molecule has 0 radical (unpaired) electrons. The number of aromatic nitrogens is 3. The molecule has 0 aliphatic carbocycles. The number of halogens is 4. The van der Waals surface area contributed by atoms with Gasteiger partial charge in [0.05, 0.1) is 25.2 Å². The van der Waals surface area contributed by atoms with E-state index in [0.29, 0.717) is 12.4 Å². The van der Waals surface area contributed by atoms with Crippen molar-refractivity contribution < 1.29 is 31.8 Å². The van der Waals surface area contributed by atoms with Crippen molar-refractivity contribution in [1.82, 2.24) is 19.9 Å². The van der Waals surface area contributed by atoms with Gasteiger partial charge >= 0.3 is 5.97 Å². The molecule has 0 amide bonds. The predicted octanol–water partition coefficient (Wildman–Crippen LogP) is 6.78. The van der Waals surface area contributed by atoms with E-state index >= 15 is 0 Å². The minimum absolute atomic E-state index is 0.0578. The number of esters is 1. The van der Waals surface area contributed by atoms with Crippen LogP contribution >= 0.6 is 0 Å². The summed E-state index contributed by atoms with van der Waals surface area (Å²) in [6.45, 7) is 14.6. The first-order valence-electron chi connectivity index (χ1n) is 16.3. The summed E-state index contributed by atoms with van der Waals surface area (Å²) in [7, 11) is 0. The Balaban J connectivity index is 1.10. The number of aromatic amines is 1. The summed E-state index contributed by atoms with van der Waals surface area (Å²) >= 11 is 0. The molecular formula is C35H44F4N6O3. The summed E-state index contributed by atoms with van der Waals surface area (Å²) in [6, 6.07) is 6.34. The zero-order chi connectivity index (χ0) is 34.8. The second kappa shape index (κ2) is 14.3. The molecule has 9 nitrogen and oxygen atoms in total. The molecule has 0 unspecified atom stereocenters. The van der Waals surface area contributed by atoms with Gasteiger partial charge in [-0.05, 0) is 30.0 Å². The quantitative estimate of drug-likeness (QED) is 0.0693. The molecule has 260 valence electrons. The van der Waals surface area contributed by atoms with Crippen molar-refractivity contribution in [2.45, 2.75) is 60.3 Å². The number of benzene rings is 2. The fourth-order valence-corrected chi connectivity index (χ4v) is 6.11. The summed E-state index contributed by atoms with van der Waals surface area (Å²) in [5.41, 5.74) is 8.91. The highest BCUT2D eigenvalue weighted by Gasteiger charge is 2.30. The van der Waals surface area contributed by atoms with Crippen molar-refractivity contribution >= 4 is 39.4 Å². The fourth-order valence-electron chi connectivity index (χ4n) is 6.11. The molecule has 4 aromatic rings. The van der Waals surface area contributed by atoms with Gasteiger partial charge in [0.15, 0.2) is 11.6 Å². The van der Waals surface area contributed by atoms with Crippen LogP contribution in [0.15, 0.2) is 24.3 Å². The van der Waals surface area contributed by atoms with E-state index in [2.05, 4.69) is 63.5 Å². The number of carbonyl (C=O) groups is 1. The Morgan fingerprint density at radius 3 is 2.29 bits per heavy atom. The highest BCUT2D eigenvalue weighted by atomic mass is 19.2. The molecule has 0 atom stereocenters. The van der Waals surface area contributed by atoms with Crippen LogP contribution in [-0.4, -0.2) is 71.8 Å². The van der Waals surface area contributed by atoms with Gasteiger partial charge in [0.25, 0.3) is 0 Å². The van der Waals surface area contributed by atoms with E-state index in [9.17, 15) is 22.4 Å². The number of unbranched alkanes of at least 4 members (excludes halogenated alkanes) is 1. The average Bonchev–Trinajstić information content (AvgIpc) is 3.46. The number of hydrogen-bond acceptors (Lipinski definition) is 8. The maximum Gasteiger partial charge on any atom is 0.312 e. The van der Waals surface area contributed by atoms with E-state index in [1.165, 1.54) is 0 Å². The molecule has 1 saturated heterocycles. The number of piperazine rings is 1. The lowest BCUT2D eigenvalue weighted by Crippen LogP contribution is -2.49. The molecule has 1 aliphatic rings. The van der Waals surface area contributed by atoms with Crippen LogP contribution in [0.1, 0.15) is 59.7 Å². The van der Waals surface area contributed by atoms with Crippen LogP contribution in [0.4, 0.5) is 29.1 Å². The molecule has 0 spiro atoms. The summed E-state index contributed by atoms with van der Waals surface area (Å²) in [4.78, 5) is 30.0. The van der Waals surface area contributed by atoms with Gasteiger partial charge in [0.1, 0.15) is 22.7 Å². The average molecular weight is 673 g/mol. The Labute approximate surface area is 277 Å². The molecule has 5 rings (SSSR count). The molecule has 48 heavy (non-hydrogen) atoms. The first-order valence-corrected chi connectivity index (χ1v) is 16.3. The Morgan fingerprint density at radius 2 is 1.62 bits per heavy atom. The highest BCUT2D eigenvalue weighted by molar-refractivity contribution is 6.06. The number of nitrogens with two attached hydrogens (primary N) is 1. The van der Waals surface area contributed by atoms with Gasteiger partial charge in [0.2, 0.25) is 17.4 Å². The van der Waals surface area contributed by atoms with Crippen LogP contribution < -0.4 is 15.4 Å². The second-order valence-corrected chi connectivity index (χ2v) is 14.2. The normalized spacial score (nSPS) is 14.7. The Kier molecular flexibility index (Phi) is 10.5. The zero-order valence-electron chi connectivity index (χ0n) is 28.2. The number of pyridine rings is 1. The fraction of sp³-hybridized carbons (Fsp3) is 0.514. The van der Waals surface area contributed by atoms with Crippen LogP contribution in [0, 0.1) is 34.1 Å². The van der Waals surface area contributed by atoms with Crippen molar-refractivity contribution in [3.05, 3.63) is 53.4 Å². The number of nitrogens with one attached hydrogen (secondary N) is 1. The molecule has 2 aromatic heterocycles. The number of ether oxygens (including phenoxy) is 2. The molecular weight excluding hydrogens is 628 g/mol. The number of H-pyrrole nitrogens is 1. The van der Waals surface area contributed by atoms with E-state index < -0.39 is 40.4 Å². The zero-order valence-corrected chi connectivity index (χ0v) is 28.2. The summed E-state index contributed by atoms with van der Waals surface area (Å²) in [5.74, 6) is -7.84. The van der Waals surface area contributed by atoms with Gasteiger partial charge in [-0.2, -0.15) is 8.78 Å². The third-order valence-electron chi connectivity index (χ3n) is 8.54. The SMILES string of the molecule is CCCCc1nc2c([nH]1)c(N)nc1cc(N3CCN(CC(C)(C)COCC(C)(C)CC(=O)Oc4c(F)c(F)cc(F)c4F)CC3)ccc12. The molecule has 1 fully saturated rings. The number of carbonyl (C=O) groups excluding carboxylic acids is 1. The first-order chi connectivity index (χ1) is 22.7. The van der Waals surface area contributed by atoms with Crippen LogP contribution in [-0.2, 0) is 16.0 Å². The van der Waals surface area contributed by atoms with Gasteiger partial charge in [-0.15, -0.1) is 0 Å². The topological polar surface area (TPSA) is 110 Å². The lowest BCUT2D eigenvalue weighted by Gasteiger charge is -2.40. The Bertz CT molecular complexity index is 1760. The molecule has 13 heteroatoms. The largest absolute Gasteiger partial charge is 0.420 e. The van der Waals surface area contributed by atoms with Crippen molar-refractivity contribution in [2.24, 2.45) is 10.8 Å².